The Morgan fingerprint density at radius 3 is 2.32 bits per heavy atom. The largest absolute Gasteiger partial charge is 0.322 e. The molecule has 0 aliphatic heterocycles. The van der Waals surface area contributed by atoms with Crippen molar-refractivity contribution < 1.29 is 9.59 Å². The molecule has 2 aromatic carbocycles. The molecule has 0 saturated heterocycles. The number of rotatable bonds is 4. The molecule has 0 spiro atoms. The van der Waals surface area contributed by atoms with Crippen LogP contribution in [0.4, 0.5) is 11.4 Å². The average Bonchev–Trinajstić information content (AvgIpc) is 2.68. The summed E-state index contributed by atoms with van der Waals surface area (Å²) in [5.41, 5.74) is 2.37. The minimum absolute atomic E-state index is 0.147. The van der Waals surface area contributed by atoms with Crippen LogP contribution in [0, 0.1) is 0 Å². The maximum Gasteiger partial charge on any atom is 0.258 e. The maximum absolute atomic E-state index is 12.7. The quantitative estimate of drug-likeness (QED) is 0.794. The van der Waals surface area contributed by atoms with Gasteiger partial charge >= 0.3 is 0 Å². The number of aromatic nitrogens is 1. The Morgan fingerprint density at radius 2 is 1.60 bits per heavy atom. The van der Waals surface area contributed by atoms with Gasteiger partial charge in [-0.25, -0.2) is 0 Å². The summed E-state index contributed by atoms with van der Waals surface area (Å²) in [7, 11) is 1.72. The number of carbonyl (C=O) groups excluding carboxylic acids is 2. The molecule has 3 rings (SSSR count). The summed E-state index contributed by atoms with van der Waals surface area (Å²) in [5, 5.41) is 2.79. The first-order valence-electron chi connectivity index (χ1n) is 7.80. The van der Waals surface area contributed by atoms with Crippen LogP contribution in [0.5, 0.6) is 0 Å². The lowest BCUT2D eigenvalue weighted by atomic mass is 10.1. The molecule has 0 radical (unpaired) electrons. The summed E-state index contributed by atoms with van der Waals surface area (Å²) in [4.78, 5) is 30.3. The first kappa shape index (κ1) is 16.4. The Hall–Kier alpha value is -3.47. The Morgan fingerprint density at radius 1 is 0.880 bits per heavy atom. The first-order valence-corrected chi connectivity index (χ1v) is 7.80. The third-order valence-corrected chi connectivity index (χ3v) is 3.76. The van der Waals surface area contributed by atoms with Crippen LogP contribution in [0.2, 0.25) is 0 Å². The fourth-order valence-corrected chi connectivity index (χ4v) is 2.40. The van der Waals surface area contributed by atoms with Crippen molar-refractivity contribution in [2.24, 2.45) is 0 Å². The molecule has 0 fully saturated rings. The zero-order chi connectivity index (χ0) is 17.6. The Labute approximate surface area is 145 Å². The molecule has 124 valence electrons. The van der Waals surface area contributed by atoms with Gasteiger partial charge in [-0.3, -0.25) is 14.6 Å². The Kier molecular flexibility index (Phi) is 4.85. The zero-order valence-electron chi connectivity index (χ0n) is 13.7. The van der Waals surface area contributed by atoms with Gasteiger partial charge in [0.1, 0.15) is 0 Å². The SMILES string of the molecule is CN(C(=O)c1cccc(NC(=O)c2ccncc2)c1)c1ccccc1. The van der Waals surface area contributed by atoms with Crippen LogP contribution < -0.4 is 10.2 Å². The van der Waals surface area contributed by atoms with Crippen LogP contribution in [0.1, 0.15) is 20.7 Å². The molecule has 1 heterocycles. The standard InChI is InChI=1S/C20H17N3O2/c1-23(18-8-3-2-4-9-18)20(25)16-6-5-7-17(14-16)22-19(24)15-10-12-21-13-11-15/h2-14H,1H3,(H,22,24). The van der Waals surface area contributed by atoms with E-state index in [9.17, 15) is 9.59 Å². The summed E-state index contributed by atoms with van der Waals surface area (Å²) < 4.78 is 0. The minimum atomic E-state index is -0.247. The van der Waals surface area contributed by atoms with Gasteiger partial charge in [-0.05, 0) is 42.5 Å². The van der Waals surface area contributed by atoms with Gasteiger partial charge in [0.15, 0.2) is 0 Å². The molecule has 1 aromatic heterocycles. The number of nitrogens with one attached hydrogen (secondary N) is 1. The van der Waals surface area contributed by atoms with Crippen molar-refractivity contribution in [3.8, 4) is 0 Å². The number of anilines is 2. The molecular formula is C20H17N3O2. The van der Waals surface area contributed by atoms with E-state index in [0.717, 1.165) is 5.69 Å². The number of amides is 2. The summed E-state index contributed by atoms with van der Waals surface area (Å²) in [6.45, 7) is 0. The predicted octanol–water partition coefficient (Wildman–Crippen LogP) is 3.61. The molecule has 0 saturated carbocycles. The van der Waals surface area contributed by atoms with Gasteiger partial charge in [0.05, 0.1) is 0 Å². The van der Waals surface area contributed by atoms with Crippen LogP contribution in [-0.4, -0.2) is 23.8 Å². The molecule has 0 aliphatic carbocycles. The Balaban J connectivity index is 1.77. The van der Waals surface area contributed by atoms with Crippen molar-refractivity contribution in [3.63, 3.8) is 0 Å². The highest BCUT2D eigenvalue weighted by Gasteiger charge is 2.14. The molecule has 5 heteroatoms. The molecule has 2 amide bonds. The normalized spacial score (nSPS) is 10.1. The predicted molar refractivity (Wildman–Crippen MR) is 97.8 cm³/mol. The topological polar surface area (TPSA) is 62.3 Å². The lowest BCUT2D eigenvalue weighted by molar-refractivity contribution is 0.0990. The summed E-state index contributed by atoms with van der Waals surface area (Å²) in [5.74, 6) is -0.394. The zero-order valence-corrected chi connectivity index (χ0v) is 13.7. The monoisotopic (exact) mass is 331 g/mol. The van der Waals surface area contributed by atoms with Gasteiger partial charge in [0.2, 0.25) is 0 Å². The molecule has 0 aliphatic rings. The number of pyridine rings is 1. The number of hydrogen-bond acceptors (Lipinski definition) is 3. The number of carbonyl (C=O) groups is 2. The van der Waals surface area contributed by atoms with Crippen molar-refractivity contribution in [2.45, 2.75) is 0 Å². The van der Waals surface area contributed by atoms with Gasteiger partial charge in [-0.2, -0.15) is 0 Å². The van der Waals surface area contributed by atoms with E-state index in [0.29, 0.717) is 16.8 Å². The van der Waals surface area contributed by atoms with Crippen LogP contribution in [0.15, 0.2) is 79.1 Å². The number of hydrogen-bond donors (Lipinski definition) is 1. The van der Waals surface area contributed by atoms with Gasteiger partial charge in [0.25, 0.3) is 11.8 Å². The molecule has 25 heavy (non-hydrogen) atoms. The van der Waals surface area contributed by atoms with Crippen molar-refractivity contribution in [1.82, 2.24) is 4.98 Å². The van der Waals surface area contributed by atoms with Crippen molar-refractivity contribution in [1.29, 1.82) is 0 Å². The third kappa shape index (κ3) is 3.90. The number of nitrogens with zero attached hydrogens (tertiary/aromatic N) is 2. The molecule has 3 aromatic rings. The van der Waals surface area contributed by atoms with Crippen LogP contribution >= 0.6 is 0 Å². The maximum atomic E-state index is 12.7. The highest BCUT2D eigenvalue weighted by molar-refractivity contribution is 6.08. The van der Waals surface area contributed by atoms with Crippen LogP contribution in [-0.2, 0) is 0 Å². The molecule has 0 bridgehead atoms. The molecule has 0 unspecified atom stereocenters. The van der Waals surface area contributed by atoms with Crippen LogP contribution in [0.3, 0.4) is 0 Å². The summed E-state index contributed by atoms with van der Waals surface area (Å²) in [6.07, 6.45) is 3.12. The average molecular weight is 331 g/mol. The minimum Gasteiger partial charge on any atom is -0.322 e. The van der Waals surface area contributed by atoms with Crippen molar-refractivity contribution >= 4 is 23.2 Å². The lowest BCUT2D eigenvalue weighted by Crippen LogP contribution is -2.26. The lowest BCUT2D eigenvalue weighted by Gasteiger charge is -2.17. The second-order valence-electron chi connectivity index (χ2n) is 5.47. The van der Waals surface area contributed by atoms with Gasteiger partial charge in [0, 0.05) is 41.9 Å². The number of para-hydroxylation sites is 1. The van der Waals surface area contributed by atoms with E-state index in [-0.39, 0.29) is 11.8 Å². The van der Waals surface area contributed by atoms with Gasteiger partial charge < -0.3 is 10.2 Å². The molecular weight excluding hydrogens is 314 g/mol. The van der Waals surface area contributed by atoms with Crippen LogP contribution in [0.25, 0.3) is 0 Å². The highest BCUT2D eigenvalue weighted by atomic mass is 16.2. The van der Waals surface area contributed by atoms with E-state index < -0.39 is 0 Å². The van der Waals surface area contributed by atoms with E-state index >= 15 is 0 Å². The van der Waals surface area contributed by atoms with E-state index in [1.54, 1.807) is 60.7 Å². The van der Waals surface area contributed by atoms with E-state index in [2.05, 4.69) is 10.3 Å². The van der Waals surface area contributed by atoms with Gasteiger partial charge in [-0.1, -0.05) is 24.3 Å². The van der Waals surface area contributed by atoms with Crippen molar-refractivity contribution in [2.75, 3.05) is 17.3 Å². The second kappa shape index (κ2) is 7.40. The number of benzene rings is 2. The second-order valence-corrected chi connectivity index (χ2v) is 5.47. The fraction of sp³-hybridized carbons (Fsp3) is 0.0500. The molecule has 0 atom stereocenters. The molecule has 5 nitrogen and oxygen atoms in total. The Bertz CT molecular complexity index is 880. The summed E-state index contributed by atoms with van der Waals surface area (Å²) in [6, 6.07) is 19.5. The first-order chi connectivity index (χ1) is 12.1. The summed E-state index contributed by atoms with van der Waals surface area (Å²) >= 11 is 0. The van der Waals surface area contributed by atoms with E-state index in [4.69, 9.17) is 0 Å². The smallest absolute Gasteiger partial charge is 0.258 e. The van der Waals surface area contributed by atoms with E-state index in [1.807, 2.05) is 30.3 Å². The third-order valence-electron chi connectivity index (χ3n) is 3.76. The fourth-order valence-electron chi connectivity index (χ4n) is 2.40. The van der Waals surface area contributed by atoms with Gasteiger partial charge in [-0.15, -0.1) is 0 Å². The van der Waals surface area contributed by atoms with Crippen molar-refractivity contribution in [3.05, 3.63) is 90.3 Å². The van der Waals surface area contributed by atoms with E-state index in [1.165, 1.54) is 0 Å². The molecule has 1 N–H and O–H groups in total. The highest BCUT2D eigenvalue weighted by Crippen LogP contribution is 2.18.